The van der Waals surface area contributed by atoms with Crippen LogP contribution < -0.4 is 10.1 Å². The molecule has 4 nitrogen and oxygen atoms in total. The van der Waals surface area contributed by atoms with Crippen molar-refractivity contribution in [1.82, 2.24) is 5.32 Å². The Morgan fingerprint density at radius 3 is 2.82 bits per heavy atom. The second kappa shape index (κ2) is 7.29. The molecule has 0 aromatic heterocycles. The van der Waals surface area contributed by atoms with Gasteiger partial charge in [-0.2, -0.15) is 0 Å². The van der Waals surface area contributed by atoms with Crippen molar-refractivity contribution in [2.24, 2.45) is 0 Å². The standard InChI is InChI=1S/C12H16BrNO3/c1-16-11-4-3-10(13)7-9(11)5-6-14-8-12(15)17-2/h3-4,7,14H,5-6,8H2,1-2H3. The van der Waals surface area contributed by atoms with Gasteiger partial charge < -0.3 is 14.8 Å². The van der Waals surface area contributed by atoms with Crippen molar-refractivity contribution in [2.45, 2.75) is 6.42 Å². The van der Waals surface area contributed by atoms with E-state index in [9.17, 15) is 4.79 Å². The van der Waals surface area contributed by atoms with E-state index in [0.717, 1.165) is 22.2 Å². The molecule has 0 spiro atoms. The monoisotopic (exact) mass is 301 g/mol. The van der Waals surface area contributed by atoms with Gasteiger partial charge in [0.15, 0.2) is 0 Å². The largest absolute Gasteiger partial charge is 0.496 e. The fourth-order valence-corrected chi connectivity index (χ4v) is 1.84. The van der Waals surface area contributed by atoms with Gasteiger partial charge in [0.25, 0.3) is 0 Å². The third-order valence-electron chi connectivity index (χ3n) is 2.31. The zero-order valence-corrected chi connectivity index (χ0v) is 11.5. The maximum Gasteiger partial charge on any atom is 0.319 e. The van der Waals surface area contributed by atoms with E-state index in [-0.39, 0.29) is 12.5 Å². The van der Waals surface area contributed by atoms with Crippen molar-refractivity contribution in [3.05, 3.63) is 28.2 Å². The Balaban J connectivity index is 2.45. The molecule has 1 aromatic rings. The average molecular weight is 302 g/mol. The lowest BCUT2D eigenvalue weighted by molar-refractivity contribution is -0.139. The number of ether oxygens (including phenoxy) is 2. The van der Waals surface area contributed by atoms with Crippen molar-refractivity contribution in [2.75, 3.05) is 27.3 Å². The lowest BCUT2D eigenvalue weighted by Crippen LogP contribution is -2.25. The normalized spacial score (nSPS) is 10.1. The Morgan fingerprint density at radius 1 is 1.41 bits per heavy atom. The van der Waals surface area contributed by atoms with Gasteiger partial charge in [-0.05, 0) is 36.7 Å². The van der Waals surface area contributed by atoms with Gasteiger partial charge in [0, 0.05) is 4.47 Å². The molecule has 0 amide bonds. The highest BCUT2D eigenvalue weighted by atomic mass is 79.9. The molecule has 0 unspecified atom stereocenters. The summed E-state index contributed by atoms with van der Waals surface area (Å²) in [5, 5.41) is 3.01. The highest BCUT2D eigenvalue weighted by Gasteiger charge is 2.04. The van der Waals surface area contributed by atoms with Crippen LogP contribution in [0, 0.1) is 0 Å². The highest BCUT2D eigenvalue weighted by molar-refractivity contribution is 9.10. The number of esters is 1. The van der Waals surface area contributed by atoms with E-state index in [2.05, 4.69) is 26.0 Å². The van der Waals surface area contributed by atoms with E-state index < -0.39 is 0 Å². The summed E-state index contributed by atoms with van der Waals surface area (Å²) in [6, 6.07) is 5.86. The quantitative estimate of drug-likeness (QED) is 0.642. The van der Waals surface area contributed by atoms with Crippen LogP contribution in [0.1, 0.15) is 5.56 Å². The number of carbonyl (C=O) groups excluding carboxylic acids is 1. The van der Waals surface area contributed by atoms with Gasteiger partial charge in [-0.1, -0.05) is 15.9 Å². The predicted octanol–water partition coefficient (Wildman–Crippen LogP) is 1.76. The lowest BCUT2D eigenvalue weighted by atomic mass is 10.1. The van der Waals surface area contributed by atoms with Crippen LogP contribution in [-0.2, 0) is 16.0 Å². The smallest absolute Gasteiger partial charge is 0.319 e. The van der Waals surface area contributed by atoms with Gasteiger partial charge in [0.1, 0.15) is 5.75 Å². The lowest BCUT2D eigenvalue weighted by Gasteiger charge is -2.09. The zero-order valence-electron chi connectivity index (χ0n) is 9.96. The second-order valence-electron chi connectivity index (χ2n) is 3.46. The summed E-state index contributed by atoms with van der Waals surface area (Å²) in [6.45, 7) is 0.925. The Bertz CT molecular complexity index is 382. The van der Waals surface area contributed by atoms with Gasteiger partial charge in [0.05, 0.1) is 20.8 Å². The number of methoxy groups -OCH3 is 2. The topological polar surface area (TPSA) is 47.6 Å². The minimum absolute atomic E-state index is 0.229. The molecular formula is C12H16BrNO3. The fraction of sp³-hybridized carbons (Fsp3) is 0.417. The van der Waals surface area contributed by atoms with Crippen molar-refractivity contribution < 1.29 is 14.3 Å². The molecule has 0 aliphatic rings. The molecule has 0 aliphatic heterocycles. The Kier molecular flexibility index (Phi) is 6.00. The van der Waals surface area contributed by atoms with Gasteiger partial charge in [0.2, 0.25) is 0 Å². The van der Waals surface area contributed by atoms with Crippen LogP contribution in [-0.4, -0.2) is 33.3 Å². The van der Waals surface area contributed by atoms with Crippen molar-refractivity contribution >= 4 is 21.9 Å². The molecule has 94 valence electrons. The van der Waals surface area contributed by atoms with Crippen LogP contribution in [0.5, 0.6) is 5.75 Å². The number of hydrogen-bond donors (Lipinski definition) is 1. The maximum atomic E-state index is 10.9. The zero-order chi connectivity index (χ0) is 12.7. The maximum absolute atomic E-state index is 10.9. The Hall–Kier alpha value is -1.07. The summed E-state index contributed by atoms with van der Waals surface area (Å²) in [5.41, 5.74) is 1.10. The molecule has 0 saturated heterocycles. The molecule has 1 aromatic carbocycles. The van der Waals surface area contributed by atoms with Crippen LogP contribution in [0.15, 0.2) is 22.7 Å². The number of halogens is 1. The van der Waals surface area contributed by atoms with E-state index in [4.69, 9.17) is 4.74 Å². The van der Waals surface area contributed by atoms with Crippen LogP contribution in [0.25, 0.3) is 0 Å². The first kappa shape index (κ1) is 14.0. The minimum atomic E-state index is -0.258. The van der Waals surface area contributed by atoms with Crippen molar-refractivity contribution in [3.8, 4) is 5.75 Å². The molecule has 1 N–H and O–H groups in total. The number of rotatable bonds is 6. The molecule has 5 heteroatoms. The number of nitrogens with one attached hydrogen (secondary N) is 1. The van der Waals surface area contributed by atoms with Gasteiger partial charge in [-0.25, -0.2) is 0 Å². The first-order valence-corrected chi connectivity index (χ1v) is 6.06. The average Bonchev–Trinajstić information content (AvgIpc) is 2.34. The van der Waals surface area contributed by atoms with Crippen LogP contribution in [0.3, 0.4) is 0 Å². The molecule has 0 bridgehead atoms. The Morgan fingerprint density at radius 2 is 2.18 bits per heavy atom. The highest BCUT2D eigenvalue weighted by Crippen LogP contribution is 2.22. The summed E-state index contributed by atoms with van der Waals surface area (Å²) in [7, 11) is 3.02. The van der Waals surface area contributed by atoms with E-state index in [1.165, 1.54) is 7.11 Å². The third kappa shape index (κ3) is 4.75. The number of carbonyl (C=O) groups is 1. The molecule has 1 rings (SSSR count). The molecule has 17 heavy (non-hydrogen) atoms. The number of benzene rings is 1. The van der Waals surface area contributed by atoms with Crippen LogP contribution >= 0.6 is 15.9 Å². The molecule has 0 radical (unpaired) electrons. The summed E-state index contributed by atoms with van der Waals surface area (Å²) in [5.74, 6) is 0.597. The van der Waals surface area contributed by atoms with Crippen LogP contribution in [0.4, 0.5) is 0 Å². The number of hydrogen-bond acceptors (Lipinski definition) is 4. The fourth-order valence-electron chi connectivity index (χ4n) is 1.43. The summed E-state index contributed by atoms with van der Waals surface area (Å²) in [4.78, 5) is 10.9. The molecule has 0 atom stereocenters. The summed E-state index contributed by atoms with van der Waals surface area (Å²) < 4.78 is 10.8. The van der Waals surface area contributed by atoms with E-state index in [1.54, 1.807) is 7.11 Å². The van der Waals surface area contributed by atoms with Gasteiger partial charge >= 0.3 is 5.97 Å². The van der Waals surface area contributed by atoms with Crippen molar-refractivity contribution in [1.29, 1.82) is 0 Å². The molecule has 0 aliphatic carbocycles. The van der Waals surface area contributed by atoms with E-state index in [0.29, 0.717) is 6.54 Å². The Labute approximate surface area is 109 Å². The first-order chi connectivity index (χ1) is 8.17. The van der Waals surface area contributed by atoms with Crippen LogP contribution in [0.2, 0.25) is 0 Å². The van der Waals surface area contributed by atoms with E-state index in [1.807, 2.05) is 18.2 Å². The minimum Gasteiger partial charge on any atom is -0.496 e. The molecule has 0 fully saturated rings. The van der Waals surface area contributed by atoms with Gasteiger partial charge in [-0.15, -0.1) is 0 Å². The first-order valence-electron chi connectivity index (χ1n) is 5.27. The second-order valence-corrected chi connectivity index (χ2v) is 4.37. The summed E-state index contributed by atoms with van der Waals surface area (Å²) >= 11 is 3.42. The van der Waals surface area contributed by atoms with E-state index >= 15 is 0 Å². The summed E-state index contributed by atoms with van der Waals surface area (Å²) in [6.07, 6.45) is 0.791. The molecule has 0 saturated carbocycles. The third-order valence-corrected chi connectivity index (χ3v) is 2.80. The SMILES string of the molecule is COC(=O)CNCCc1cc(Br)ccc1OC. The molecule has 0 heterocycles. The molecular weight excluding hydrogens is 286 g/mol. The van der Waals surface area contributed by atoms with Crippen molar-refractivity contribution in [3.63, 3.8) is 0 Å². The van der Waals surface area contributed by atoms with Gasteiger partial charge in [-0.3, -0.25) is 4.79 Å². The predicted molar refractivity (Wildman–Crippen MR) is 69.3 cm³/mol.